The third kappa shape index (κ3) is 2.59. The quantitative estimate of drug-likeness (QED) is 0.715. The SMILES string of the molecule is Oc1ccc([C@H]2Oc3ccccc3[C@@H]3CC(c4ccccc4O)=NN23)cc1. The van der Waals surface area contributed by atoms with Gasteiger partial charge < -0.3 is 14.9 Å². The van der Waals surface area contributed by atoms with Gasteiger partial charge in [-0.2, -0.15) is 5.10 Å². The number of ether oxygens (including phenoxy) is 1. The van der Waals surface area contributed by atoms with E-state index in [9.17, 15) is 10.2 Å². The minimum Gasteiger partial charge on any atom is -0.508 e. The molecule has 0 spiro atoms. The molecule has 0 saturated heterocycles. The molecule has 0 amide bonds. The number of benzene rings is 3. The van der Waals surface area contributed by atoms with Crippen LogP contribution in [-0.2, 0) is 0 Å². The van der Waals surface area contributed by atoms with Gasteiger partial charge in [0.2, 0.25) is 6.23 Å². The van der Waals surface area contributed by atoms with E-state index in [0.29, 0.717) is 6.42 Å². The highest BCUT2D eigenvalue weighted by atomic mass is 16.5. The summed E-state index contributed by atoms with van der Waals surface area (Å²) in [5.41, 5.74) is 3.58. The molecule has 0 fully saturated rings. The molecule has 0 saturated carbocycles. The van der Waals surface area contributed by atoms with Crippen LogP contribution in [-0.4, -0.2) is 20.9 Å². The molecule has 3 aromatic rings. The van der Waals surface area contributed by atoms with Gasteiger partial charge in [0.25, 0.3) is 0 Å². The molecule has 2 heterocycles. The predicted octanol–water partition coefficient (Wildman–Crippen LogP) is 4.34. The molecule has 2 N–H and O–H groups in total. The van der Waals surface area contributed by atoms with Crippen molar-refractivity contribution in [3.05, 3.63) is 89.5 Å². The molecule has 2 aliphatic heterocycles. The molecule has 3 aromatic carbocycles. The largest absolute Gasteiger partial charge is 0.508 e. The van der Waals surface area contributed by atoms with Crippen molar-refractivity contribution in [2.75, 3.05) is 0 Å². The van der Waals surface area contributed by atoms with Gasteiger partial charge >= 0.3 is 0 Å². The van der Waals surface area contributed by atoms with Crippen LogP contribution in [0.4, 0.5) is 0 Å². The average Bonchev–Trinajstić information content (AvgIpc) is 3.14. The molecule has 0 aliphatic carbocycles. The first-order chi connectivity index (χ1) is 13.2. The molecule has 0 bridgehead atoms. The van der Waals surface area contributed by atoms with Gasteiger partial charge in [0.15, 0.2) is 0 Å². The zero-order valence-corrected chi connectivity index (χ0v) is 14.5. The smallest absolute Gasteiger partial charge is 0.213 e. The number of hydrogen-bond donors (Lipinski definition) is 2. The van der Waals surface area contributed by atoms with E-state index in [1.54, 1.807) is 24.3 Å². The van der Waals surface area contributed by atoms with Gasteiger partial charge in [-0.05, 0) is 42.5 Å². The van der Waals surface area contributed by atoms with Crippen LogP contribution in [0.1, 0.15) is 35.4 Å². The van der Waals surface area contributed by atoms with Crippen LogP contribution in [0.2, 0.25) is 0 Å². The number of aromatic hydroxyl groups is 2. The van der Waals surface area contributed by atoms with E-state index in [0.717, 1.165) is 28.2 Å². The maximum Gasteiger partial charge on any atom is 0.213 e. The van der Waals surface area contributed by atoms with Crippen LogP contribution < -0.4 is 4.74 Å². The van der Waals surface area contributed by atoms with Crippen molar-refractivity contribution in [1.82, 2.24) is 5.01 Å². The summed E-state index contributed by atoms with van der Waals surface area (Å²) in [6, 6.07) is 22.3. The molecule has 0 aromatic heterocycles. The number of phenolic OH excluding ortho intramolecular Hbond substituents is 2. The highest BCUT2D eigenvalue weighted by molar-refractivity contribution is 6.04. The summed E-state index contributed by atoms with van der Waals surface area (Å²) in [5.74, 6) is 1.28. The van der Waals surface area contributed by atoms with Gasteiger partial charge in [0, 0.05) is 23.1 Å². The Kier molecular flexibility index (Phi) is 3.53. The Morgan fingerprint density at radius 3 is 2.44 bits per heavy atom. The maximum absolute atomic E-state index is 10.3. The van der Waals surface area contributed by atoms with Gasteiger partial charge in [0.05, 0.1) is 11.8 Å². The number of hydrazone groups is 1. The predicted molar refractivity (Wildman–Crippen MR) is 102 cm³/mol. The topological polar surface area (TPSA) is 65.3 Å². The van der Waals surface area contributed by atoms with Gasteiger partial charge in [-0.3, -0.25) is 0 Å². The number of rotatable bonds is 2. The van der Waals surface area contributed by atoms with E-state index >= 15 is 0 Å². The van der Waals surface area contributed by atoms with E-state index in [1.165, 1.54) is 0 Å². The van der Waals surface area contributed by atoms with Gasteiger partial charge in [-0.15, -0.1) is 0 Å². The van der Waals surface area contributed by atoms with Crippen molar-refractivity contribution >= 4 is 5.71 Å². The molecule has 5 heteroatoms. The lowest BCUT2D eigenvalue weighted by Crippen LogP contribution is -2.33. The summed E-state index contributed by atoms with van der Waals surface area (Å²) in [6.45, 7) is 0. The van der Waals surface area contributed by atoms with Crippen LogP contribution in [0, 0.1) is 0 Å². The van der Waals surface area contributed by atoms with Crippen molar-refractivity contribution in [2.24, 2.45) is 5.10 Å². The monoisotopic (exact) mass is 358 g/mol. The van der Waals surface area contributed by atoms with E-state index in [-0.39, 0.29) is 17.5 Å². The van der Waals surface area contributed by atoms with E-state index < -0.39 is 6.23 Å². The first-order valence-electron chi connectivity index (χ1n) is 8.89. The molecule has 27 heavy (non-hydrogen) atoms. The first kappa shape index (κ1) is 15.8. The lowest BCUT2D eigenvalue weighted by Gasteiger charge is -2.38. The summed E-state index contributed by atoms with van der Waals surface area (Å²) >= 11 is 0. The average molecular weight is 358 g/mol. The number of fused-ring (bicyclic) bond motifs is 3. The highest BCUT2D eigenvalue weighted by Gasteiger charge is 2.41. The summed E-state index contributed by atoms with van der Waals surface area (Å²) in [6.07, 6.45) is 0.292. The molecule has 134 valence electrons. The zero-order valence-electron chi connectivity index (χ0n) is 14.5. The van der Waals surface area contributed by atoms with Crippen molar-refractivity contribution in [3.63, 3.8) is 0 Å². The van der Waals surface area contributed by atoms with Crippen molar-refractivity contribution in [3.8, 4) is 17.2 Å². The Hall–Kier alpha value is -3.47. The standard InChI is InChI=1S/C22H18N2O3/c25-15-11-9-14(10-12-15)22-24-19(17-6-2-4-8-21(17)27-22)13-18(23-24)16-5-1-3-7-20(16)26/h1-12,19,22,25-26H,13H2/t19-,22+/m0/s1. The third-order valence-electron chi connectivity index (χ3n) is 5.09. The maximum atomic E-state index is 10.3. The Morgan fingerprint density at radius 2 is 1.63 bits per heavy atom. The molecule has 0 unspecified atom stereocenters. The molecule has 0 radical (unpaired) electrons. The Bertz CT molecular complexity index is 1030. The van der Waals surface area contributed by atoms with Crippen LogP contribution in [0.25, 0.3) is 0 Å². The summed E-state index contributed by atoms with van der Waals surface area (Å²) in [5, 5.41) is 26.6. The fourth-order valence-corrected chi connectivity index (χ4v) is 3.77. The van der Waals surface area contributed by atoms with Crippen LogP contribution in [0.15, 0.2) is 77.9 Å². The minimum absolute atomic E-state index is 0.0309. The number of nitrogens with zero attached hydrogens (tertiary/aromatic N) is 2. The summed E-state index contributed by atoms with van der Waals surface area (Å²) < 4.78 is 6.26. The van der Waals surface area contributed by atoms with E-state index in [4.69, 9.17) is 9.84 Å². The Balaban J connectivity index is 1.61. The fraction of sp³-hybridized carbons (Fsp3) is 0.136. The van der Waals surface area contributed by atoms with Crippen LogP contribution in [0.5, 0.6) is 17.2 Å². The Morgan fingerprint density at radius 1 is 0.889 bits per heavy atom. The molecular weight excluding hydrogens is 340 g/mol. The van der Waals surface area contributed by atoms with Gasteiger partial charge in [-0.25, -0.2) is 5.01 Å². The first-order valence-corrected chi connectivity index (χ1v) is 8.89. The second-order valence-electron chi connectivity index (χ2n) is 6.76. The Labute approximate surface area is 156 Å². The highest BCUT2D eigenvalue weighted by Crippen LogP contribution is 2.47. The minimum atomic E-state index is -0.395. The number of phenols is 2. The molecule has 5 rings (SSSR count). The van der Waals surface area contributed by atoms with Crippen molar-refractivity contribution < 1.29 is 14.9 Å². The molecule has 5 nitrogen and oxygen atoms in total. The van der Waals surface area contributed by atoms with E-state index in [2.05, 4.69) is 6.07 Å². The van der Waals surface area contributed by atoms with Crippen molar-refractivity contribution in [2.45, 2.75) is 18.7 Å². The van der Waals surface area contributed by atoms with Crippen molar-refractivity contribution in [1.29, 1.82) is 0 Å². The third-order valence-corrected chi connectivity index (χ3v) is 5.09. The van der Waals surface area contributed by atoms with Crippen LogP contribution >= 0.6 is 0 Å². The van der Waals surface area contributed by atoms with Gasteiger partial charge in [0.1, 0.15) is 17.2 Å². The van der Waals surface area contributed by atoms with Gasteiger partial charge in [-0.1, -0.05) is 30.3 Å². The summed E-state index contributed by atoms with van der Waals surface area (Å²) in [7, 11) is 0. The second-order valence-corrected chi connectivity index (χ2v) is 6.76. The lowest BCUT2D eigenvalue weighted by atomic mass is 9.95. The zero-order chi connectivity index (χ0) is 18.4. The molecule has 2 atom stereocenters. The van der Waals surface area contributed by atoms with Crippen LogP contribution in [0.3, 0.4) is 0 Å². The molecular formula is C22H18N2O3. The number of para-hydroxylation sites is 2. The normalized spacial score (nSPS) is 20.4. The lowest BCUT2D eigenvalue weighted by molar-refractivity contribution is -0.0190. The summed E-state index contributed by atoms with van der Waals surface area (Å²) in [4.78, 5) is 0. The fourth-order valence-electron chi connectivity index (χ4n) is 3.77. The number of hydrogen-bond acceptors (Lipinski definition) is 5. The van der Waals surface area contributed by atoms with E-state index in [1.807, 2.05) is 47.5 Å². The second kappa shape index (κ2) is 6.06. The molecule has 2 aliphatic rings.